The number of anilines is 1. The van der Waals surface area contributed by atoms with Gasteiger partial charge in [-0.15, -0.1) is 0 Å². The third kappa shape index (κ3) is 3.95. The summed E-state index contributed by atoms with van der Waals surface area (Å²) in [4.78, 5) is 32.2. The molecule has 4 heterocycles. The van der Waals surface area contributed by atoms with Crippen LogP contribution < -0.4 is 4.90 Å². The maximum absolute atomic E-state index is 12.7. The highest BCUT2D eigenvalue weighted by atomic mass is 16.2. The van der Waals surface area contributed by atoms with Crippen LogP contribution in [0.2, 0.25) is 0 Å². The van der Waals surface area contributed by atoms with Gasteiger partial charge in [-0.05, 0) is 25.8 Å². The van der Waals surface area contributed by atoms with Gasteiger partial charge >= 0.3 is 0 Å². The number of carbonyl (C=O) groups excluding carboxylic acids is 1. The summed E-state index contributed by atoms with van der Waals surface area (Å²) in [7, 11) is 2.08. The van der Waals surface area contributed by atoms with E-state index in [1.54, 1.807) is 23.4 Å². The topological polar surface area (TPSA) is 70.4 Å². The van der Waals surface area contributed by atoms with Crippen molar-refractivity contribution in [2.75, 3.05) is 51.2 Å². The zero-order valence-corrected chi connectivity index (χ0v) is 16.1. The number of aromatic nitrogens is 4. The first-order chi connectivity index (χ1) is 13.1. The van der Waals surface area contributed by atoms with E-state index in [1.165, 1.54) is 12.8 Å². The third-order valence-electron chi connectivity index (χ3n) is 5.60. The van der Waals surface area contributed by atoms with Crippen molar-refractivity contribution in [1.82, 2.24) is 29.3 Å². The van der Waals surface area contributed by atoms with Crippen molar-refractivity contribution in [3.05, 3.63) is 30.6 Å². The van der Waals surface area contributed by atoms with Crippen LogP contribution in [0.15, 0.2) is 24.9 Å². The number of carbonyl (C=O) groups is 1. The molecule has 0 saturated carbocycles. The molecule has 0 radical (unpaired) electrons. The Kier molecular flexibility index (Phi) is 5.07. The van der Waals surface area contributed by atoms with Crippen molar-refractivity contribution in [3.63, 3.8) is 0 Å². The van der Waals surface area contributed by atoms with E-state index in [1.807, 2.05) is 11.0 Å². The standard InChI is InChI=1S/C19H27N7O/c1-15-3-5-24(6-4-15)17-11-18(21-13-20-17)26-12-16(22-14-26)19(27)25-9-7-23(2)8-10-25/h11-15H,3-10H2,1-2H3. The number of hydrogen-bond acceptors (Lipinski definition) is 6. The second-order valence-corrected chi connectivity index (χ2v) is 7.67. The predicted octanol–water partition coefficient (Wildman–Crippen LogP) is 1.29. The van der Waals surface area contributed by atoms with E-state index in [0.29, 0.717) is 5.69 Å². The molecule has 0 unspecified atom stereocenters. The average Bonchev–Trinajstić information content (AvgIpc) is 3.19. The molecule has 4 rings (SSSR count). The number of piperidine rings is 1. The molecule has 0 N–H and O–H groups in total. The minimum absolute atomic E-state index is 0.0128. The summed E-state index contributed by atoms with van der Waals surface area (Å²) in [6.45, 7) is 7.63. The molecule has 2 aromatic rings. The fourth-order valence-corrected chi connectivity index (χ4v) is 3.62. The van der Waals surface area contributed by atoms with E-state index in [2.05, 4.69) is 38.7 Å². The van der Waals surface area contributed by atoms with E-state index in [0.717, 1.165) is 56.8 Å². The van der Waals surface area contributed by atoms with E-state index in [-0.39, 0.29) is 5.91 Å². The van der Waals surface area contributed by atoms with Crippen LogP contribution in [0.1, 0.15) is 30.3 Å². The first-order valence-electron chi connectivity index (χ1n) is 9.69. The van der Waals surface area contributed by atoms with Crippen LogP contribution in [0.25, 0.3) is 5.82 Å². The first kappa shape index (κ1) is 17.9. The van der Waals surface area contributed by atoms with Gasteiger partial charge in [-0.2, -0.15) is 0 Å². The van der Waals surface area contributed by atoms with E-state index in [9.17, 15) is 4.79 Å². The number of nitrogens with zero attached hydrogens (tertiary/aromatic N) is 7. The van der Waals surface area contributed by atoms with Gasteiger partial charge in [0.05, 0.1) is 0 Å². The zero-order valence-electron chi connectivity index (χ0n) is 16.1. The van der Waals surface area contributed by atoms with Crippen LogP contribution in [0.3, 0.4) is 0 Å². The molecule has 0 aliphatic carbocycles. The van der Waals surface area contributed by atoms with Crippen LogP contribution >= 0.6 is 0 Å². The molecule has 8 nitrogen and oxygen atoms in total. The smallest absolute Gasteiger partial charge is 0.274 e. The van der Waals surface area contributed by atoms with Crippen molar-refractivity contribution in [1.29, 1.82) is 0 Å². The Morgan fingerprint density at radius 1 is 1.00 bits per heavy atom. The lowest BCUT2D eigenvalue weighted by Gasteiger charge is -2.31. The molecule has 0 atom stereocenters. The molecule has 2 saturated heterocycles. The summed E-state index contributed by atoms with van der Waals surface area (Å²) in [5.41, 5.74) is 0.464. The van der Waals surface area contributed by atoms with Crippen molar-refractivity contribution in [2.24, 2.45) is 5.92 Å². The minimum Gasteiger partial charge on any atom is -0.356 e. The first-order valence-corrected chi connectivity index (χ1v) is 9.69. The molecule has 2 aromatic heterocycles. The highest BCUT2D eigenvalue weighted by Gasteiger charge is 2.22. The maximum Gasteiger partial charge on any atom is 0.274 e. The summed E-state index contributed by atoms with van der Waals surface area (Å²) in [6.07, 6.45) is 7.39. The van der Waals surface area contributed by atoms with Crippen LogP contribution in [0.5, 0.6) is 0 Å². The Morgan fingerprint density at radius 2 is 1.70 bits per heavy atom. The van der Waals surface area contributed by atoms with Gasteiger partial charge in [-0.1, -0.05) is 6.92 Å². The van der Waals surface area contributed by atoms with Gasteiger partial charge in [0.1, 0.15) is 30.0 Å². The molecule has 8 heteroatoms. The zero-order chi connectivity index (χ0) is 18.8. The number of rotatable bonds is 3. The van der Waals surface area contributed by atoms with Gasteiger partial charge < -0.3 is 14.7 Å². The molecule has 27 heavy (non-hydrogen) atoms. The molecular weight excluding hydrogens is 342 g/mol. The fourth-order valence-electron chi connectivity index (χ4n) is 3.62. The van der Waals surface area contributed by atoms with Gasteiger partial charge in [-0.25, -0.2) is 15.0 Å². The van der Waals surface area contributed by atoms with E-state index < -0.39 is 0 Å². The lowest BCUT2D eigenvalue weighted by atomic mass is 9.99. The Balaban J connectivity index is 1.48. The van der Waals surface area contributed by atoms with Gasteiger partial charge in [0.2, 0.25) is 0 Å². The number of imidazole rings is 1. The summed E-state index contributed by atoms with van der Waals surface area (Å²) in [6, 6.07) is 1.97. The normalized spacial score (nSPS) is 19.5. The van der Waals surface area contributed by atoms with Gasteiger partial charge in [0.15, 0.2) is 0 Å². The largest absolute Gasteiger partial charge is 0.356 e. The minimum atomic E-state index is -0.0128. The van der Waals surface area contributed by atoms with Crippen molar-refractivity contribution in [3.8, 4) is 5.82 Å². The highest BCUT2D eigenvalue weighted by Crippen LogP contribution is 2.22. The lowest BCUT2D eigenvalue weighted by molar-refractivity contribution is 0.0658. The molecule has 2 aliphatic heterocycles. The fraction of sp³-hybridized carbons (Fsp3) is 0.579. The summed E-state index contributed by atoms with van der Waals surface area (Å²) >= 11 is 0. The molecular formula is C19H27N7O. The third-order valence-corrected chi connectivity index (χ3v) is 5.60. The van der Waals surface area contributed by atoms with Crippen molar-refractivity contribution >= 4 is 11.7 Å². The SMILES string of the molecule is CC1CCN(c2cc(-n3cnc(C(=O)N4CCN(C)CC4)c3)ncn2)CC1. The Morgan fingerprint density at radius 3 is 2.44 bits per heavy atom. The second-order valence-electron chi connectivity index (χ2n) is 7.67. The molecule has 2 aliphatic rings. The summed E-state index contributed by atoms with van der Waals surface area (Å²) < 4.78 is 1.81. The number of piperazine rings is 1. The summed E-state index contributed by atoms with van der Waals surface area (Å²) in [5.74, 6) is 2.44. The number of hydrogen-bond donors (Lipinski definition) is 0. The van der Waals surface area contributed by atoms with Crippen LogP contribution in [-0.2, 0) is 0 Å². The van der Waals surface area contributed by atoms with Crippen LogP contribution in [0.4, 0.5) is 5.82 Å². The lowest BCUT2D eigenvalue weighted by Crippen LogP contribution is -2.47. The molecule has 0 aromatic carbocycles. The summed E-state index contributed by atoms with van der Waals surface area (Å²) in [5, 5.41) is 0. The van der Waals surface area contributed by atoms with Crippen molar-refractivity contribution in [2.45, 2.75) is 19.8 Å². The molecule has 1 amide bonds. The molecule has 0 bridgehead atoms. The van der Waals surface area contributed by atoms with E-state index in [4.69, 9.17) is 0 Å². The van der Waals surface area contributed by atoms with Gasteiger partial charge in [0, 0.05) is 51.5 Å². The monoisotopic (exact) mass is 369 g/mol. The maximum atomic E-state index is 12.7. The van der Waals surface area contributed by atoms with E-state index >= 15 is 0 Å². The van der Waals surface area contributed by atoms with Crippen LogP contribution in [-0.4, -0.2) is 81.5 Å². The second kappa shape index (κ2) is 7.64. The molecule has 144 valence electrons. The molecule has 0 spiro atoms. The highest BCUT2D eigenvalue weighted by molar-refractivity contribution is 5.92. The Labute approximate surface area is 159 Å². The quantitative estimate of drug-likeness (QED) is 0.812. The molecule has 2 fully saturated rings. The van der Waals surface area contributed by atoms with Crippen LogP contribution in [0, 0.1) is 5.92 Å². The predicted molar refractivity (Wildman–Crippen MR) is 103 cm³/mol. The number of likely N-dealkylation sites (N-methyl/N-ethyl adjacent to an activating group) is 1. The van der Waals surface area contributed by atoms with Gasteiger partial charge in [-0.3, -0.25) is 9.36 Å². The Hall–Kier alpha value is -2.48. The van der Waals surface area contributed by atoms with Crippen molar-refractivity contribution < 1.29 is 4.79 Å². The average molecular weight is 369 g/mol. The number of amides is 1. The van der Waals surface area contributed by atoms with Gasteiger partial charge in [0.25, 0.3) is 5.91 Å². The Bertz CT molecular complexity index is 789.